The zero-order valence-corrected chi connectivity index (χ0v) is 18.9. The molecule has 2 aromatic carbocycles. The van der Waals surface area contributed by atoms with Gasteiger partial charge in [0.25, 0.3) is 6.47 Å². The summed E-state index contributed by atoms with van der Waals surface area (Å²) in [4.78, 5) is 31.1. The van der Waals surface area contributed by atoms with Gasteiger partial charge in [-0.05, 0) is 31.5 Å². The molecule has 0 fully saturated rings. The van der Waals surface area contributed by atoms with Gasteiger partial charge in [-0.25, -0.2) is 0 Å². The van der Waals surface area contributed by atoms with Crippen molar-refractivity contribution >= 4 is 23.7 Å². The maximum atomic E-state index is 13.0. The summed E-state index contributed by atoms with van der Waals surface area (Å²) in [7, 11) is 2.75. The molecule has 0 radical (unpaired) electrons. The van der Waals surface area contributed by atoms with Gasteiger partial charge in [-0.3, -0.25) is 9.59 Å². The topological polar surface area (TPSA) is 86.6 Å². The first-order chi connectivity index (χ1) is 15.6. The number of ether oxygens (including phenoxy) is 1. The van der Waals surface area contributed by atoms with Crippen LogP contribution in [0.1, 0.15) is 41.7 Å². The van der Waals surface area contributed by atoms with Crippen LogP contribution in [0, 0.1) is 6.92 Å². The first-order valence-corrected chi connectivity index (χ1v) is 9.58. The van der Waals surface area contributed by atoms with Crippen molar-refractivity contribution in [2.45, 2.75) is 33.6 Å². The molecule has 0 spiro atoms. The number of Topliss-reactive ketones (excluding diaryl/α,β-unsaturated/α-hetero) is 1. The Morgan fingerprint density at radius 3 is 2.24 bits per heavy atom. The van der Waals surface area contributed by atoms with E-state index in [1.165, 1.54) is 33.3 Å². The van der Waals surface area contributed by atoms with Gasteiger partial charge in [0.15, 0.2) is 11.5 Å². The van der Waals surface area contributed by atoms with Gasteiger partial charge in [-0.15, -0.1) is 0 Å². The molecule has 178 valence electrons. The van der Waals surface area contributed by atoms with E-state index < -0.39 is 17.5 Å². The third-order valence-electron chi connectivity index (χ3n) is 4.29. The fourth-order valence-electron chi connectivity index (χ4n) is 2.74. The Morgan fingerprint density at radius 1 is 1.06 bits per heavy atom. The molecule has 0 aliphatic heterocycles. The third kappa shape index (κ3) is 8.40. The lowest BCUT2D eigenvalue weighted by molar-refractivity contribution is -0.137. The molecular weight excluding hydrogens is 441 g/mol. The molecule has 0 amide bonds. The van der Waals surface area contributed by atoms with Crippen LogP contribution >= 0.6 is 0 Å². The lowest BCUT2D eigenvalue weighted by Gasteiger charge is -2.12. The molecule has 0 bridgehead atoms. The predicted molar refractivity (Wildman–Crippen MR) is 117 cm³/mol. The summed E-state index contributed by atoms with van der Waals surface area (Å²) in [5, 5.41) is 7.74. The van der Waals surface area contributed by atoms with Crippen LogP contribution in [0.5, 0.6) is 0 Å². The smallest absolute Gasteiger partial charge is 0.416 e. The molecule has 0 atom stereocenters. The van der Waals surface area contributed by atoms with E-state index in [0.717, 1.165) is 28.8 Å². The minimum absolute atomic E-state index is 0.00826. The Hall–Kier alpha value is -3.69. The fraction of sp³-hybridized carbons (Fsp3) is 0.304. The van der Waals surface area contributed by atoms with E-state index in [9.17, 15) is 18.0 Å². The molecule has 2 aromatic rings. The Bertz CT molecular complexity index is 1020. The van der Waals surface area contributed by atoms with Crippen LogP contribution in [0.15, 0.2) is 52.8 Å². The number of benzene rings is 2. The van der Waals surface area contributed by atoms with Crippen LogP contribution in [0.4, 0.5) is 13.2 Å². The lowest BCUT2D eigenvalue weighted by Crippen LogP contribution is -2.14. The van der Waals surface area contributed by atoms with Crippen LogP contribution in [0.2, 0.25) is 0 Å². The van der Waals surface area contributed by atoms with Crippen LogP contribution in [0.3, 0.4) is 0 Å². The molecule has 0 saturated carbocycles. The van der Waals surface area contributed by atoms with Crippen molar-refractivity contribution in [2.24, 2.45) is 10.3 Å². The molecule has 0 aliphatic carbocycles. The first-order valence-electron chi connectivity index (χ1n) is 9.58. The van der Waals surface area contributed by atoms with Crippen LogP contribution < -0.4 is 0 Å². The van der Waals surface area contributed by atoms with Gasteiger partial charge in [-0.1, -0.05) is 40.6 Å². The number of carbonyl (C=O) groups is 2. The molecule has 0 unspecified atom stereocenters. The van der Waals surface area contributed by atoms with Gasteiger partial charge >= 0.3 is 6.18 Å². The molecule has 0 aliphatic rings. The first kappa shape index (κ1) is 27.3. The Morgan fingerprint density at radius 2 is 1.70 bits per heavy atom. The molecule has 33 heavy (non-hydrogen) atoms. The number of methoxy groups -OCH3 is 1. The summed E-state index contributed by atoms with van der Waals surface area (Å²) < 4.78 is 42.7. The molecule has 7 nitrogen and oxygen atoms in total. The van der Waals surface area contributed by atoms with Gasteiger partial charge in [0.2, 0.25) is 0 Å². The highest BCUT2D eigenvalue weighted by Gasteiger charge is 2.31. The van der Waals surface area contributed by atoms with Crippen molar-refractivity contribution in [3.63, 3.8) is 0 Å². The van der Waals surface area contributed by atoms with Crippen molar-refractivity contribution in [1.29, 1.82) is 0 Å². The molecule has 10 heteroatoms. The highest BCUT2D eigenvalue weighted by Crippen LogP contribution is 2.29. The van der Waals surface area contributed by atoms with Gasteiger partial charge < -0.3 is 14.4 Å². The van der Waals surface area contributed by atoms with Gasteiger partial charge in [0.05, 0.1) is 18.4 Å². The van der Waals surface area contributed by atoms with Gasteiger partial charge in [-0.2, -0.15) is 13.2 Å². The zero-order valence-electron chi connectivity index (χ0n) is 18.9. The summed E-state index contributed by atoms with van der Waals surface area (Å²) in [6, 6.07) is 9.98. The van der Waals surface area contributed by atoms with E-state index in [0.29, 0.717) is 12.2 Å². The van der Waals surface area contributed by atoms with Crippen molar-refractivity contribution in [3.8, 4) is 0 Å². The monoisotopic (exact) mass is 466 g/mol. The number of rotatable bonds is 8. The number of aryl methyl sites for hydroxylation is 1. The van der Waals surface area contributed by atoms with E-state index in [1.807, 2.05) is 25.1 Å². The summed E-state index contributed by atoms with van der Waals surface area (Å²) in [5.41, 5.74) is 2.08. The SMILES string of the molecule is CO/N=C(/C)c1cccc(C)c1CO/N=C(\C(C)=O)c1cccc(C(F)(F)F)c1.COC=O. The van der Waals surface area contributed by atoms with E-state index in [2.05, 4.69) is 15.0 Å². The number of halogens is 3. The average molecular weight is 466 g/mol. The number of oxime groups is 2. The van der Waals surface area contributed by atoms with Crippen LogP contribution in [-0.4, -0.2) is 37.9 Å². The quantitative estimate of drug-likeness (QED) is 0.320. The molecular formula is C23H25F3N2O5. The van der Waals surface area contributed by atoms with E-state index in [4.69, 9.17) is 14.5 Å². The number of carbonyl (C=O) groups excluding carboxylic acids is 2. The van der Waals surface area contributed by atoms with Crippen molar-refractivity contribution in [2.75, 3.05) is 14.2 Å². The second-order valence-electron chi connectivity index (χ2n) is 6.64. The zero-order chi connectivity index (χ0) is 25.0. The molecule has 0 aromatic heterocycles. The summed E-state index contributed by atoms with van der Waals surface area (Å²) in [6.07, 6.45) is -4.52. The standard InChI is InChI=1S/C21H21F3N2O3.C2H4O2/c1-13-7-5-10-18(14(2)25-28-4)19(13)12-29-26-20(15(3)27)16-8-6-9-17(11-16)21(22,23)24;1-4-2-3/h5-11H,12H2,1-4H3;2H,1H3/b25-14-,26-20+;. The number of nitrogens with zero attached hydrogens (tertiary/aromatic N) is 2. The normalized spacial score (nSPS) is 11.8. The minimum Gasteiger partial charge on any atom is -0.471 e. The van der Waals surface area contributed by atoms with E-state index in [1.54, 1.807) is 6.92 Å². The lowest BCUT2D eigenvalue weighted by atomic mass is 10.00. The fourth-order valence-corrected chi connectivity index (χ4v) is 2.74. The maximum absolute atomic E-state index is 13.0. The van der Waals surface area contributed by atoms with Crippen molar-refractivity contribution < 1.29 is 37.2 Å². The molecule has 0 heterocycles. The summed E-state index contributed by atoms with van der Waals surface area (Å²) in [6.45, 7) is 5.25. The Balaban J connectivity index is 0.00000125. The number of alkyl halides is 3. The minimum atomic E-state index is -4.52. The Kier molecular flexibility index (Phi) is 10.8. The second kappa shape index (κ2) is 13.0. The van der Waals surface area contributed by atoms with Crippen molar-refractivity contribution in [3.05, 3.63) is 70.3 Å². The highest BCUT2D eigenvalue weighted by atomic mass is 19.4. The average Bonchev–Trinajstić information content (AvgIpc) is 2.77. The third-order valence-corrected chi connectivity index (χ3v) is 4.29. The molecule has 0 saturated heterocycles. The van der Waals surface area contributed by atoms with Gasteiger partial charge in [0.1, 0.15) is 13.7 Å². The van der Waals surface area contributed by atoms with E-state index >= 15 is 0 Å². The molecule has 0 N–H and O–H groups in total. The maximum Gasteiger partial charge on any atom is 0.416 e. The number of hydrogen-bond donors (Lipinski definition) is 0. The molecule has 2 rings (SSSR count). The van der Waals surface area contributed by atoms with Crippen molar-refractivity contribution in [1.82, 2.24) is 0 Å². The van der Waals surface area contributed by atoms with Crippen LogP contribution in [0.25, 0.3) is 0 Å². The summed E-state index contributed by atoms with van der Waals surface area (Å²) in [5.74, 6) is -0.508. The predicted octanol–water partition coefficient (Wildman–Crippen LogP) is 4.68. The van der Waals surface area contributed by atoms with Crippen LogP contribution in [-0.2, 0) is 36.8 Å². The second-order valence-corrected chi connectivity index (χ2v) is 6.64. The largest absolute Gasteiger partial charge is 0.471 e. The summed E-state index contributed by atoms with van der Waals surface area (Å²) >= 11 is 0. The number of ketones is 1. The Labute approximate surface area is 189 Å². The van der Waals surface area contributed by atoms with E-state index in [-0.39, 0.29) is 17.9 Å². The highest BCUT2D eigenvalue weighted by molar-refractivity contribution is 6.45. The van der Waals surface area contributed by atoms with Gasteiger partial charge in [0, 0.05) is 23.6 Å². The number of hydrogen-bond acceptors (Lipinski definition) is 7.